The number of sulfone groups is 1. The number of carbonyl (C=O) groups excluding carboxylic acids is 2. The second-order valence-corrected chi connectivity index (χ2v) is 10.3. The Morgan fingerprint density at radius 3 is 2.26 bits per heavy atom. The van der Waals surface area contributed by atoms with E-state index in [1.165, 1.54) is 24.3 Å². The van der Waals surface area contributed by atoms with Crippen molar-refractivity contribution in [2.45, 2.75) is 29.2 Å². The van der Waals surface area contributed by atoms with E-state index in [-0.39, 0.29) is 33.9 Å². The normalized spacial score (nSPS) is 13.8. The van der Waals surface area contributed by atoms with Gasteiger partial charge in [0.15, 0.2) is 11.3 Å². The van der Waals surface area contributed by atoms with Crippen molar-refractivity contribution in [3.63, 3.8) is 0 Å². The number of carbonyl (C=O) groups is 2. The first kappa shape index (κ1) is 22.8. The van der Waals surface area contributed by atoms with Gasteiger partial charge in [0.1, 0.15) is 0 Å². The molecule has 0 atom stereocenters. The molecule has 2 aromatic heterocycles. The van der Waals surface area contributed by atoms with Crippen LogP contribution in [0.3, 0.4) is 0 Å². The Bertz CT molecular complexity index is 1450. The van der Waals surface area contributed by atoms with Crippen LogP contribution in [0.5, 0.6) is 0 Å². The number of pyridine rings is 1. The number of aromatic nitrogens is 1. The molecular formula is C26H23N3O5S. The molecule has 8 nitrogen and oxygen atoms in total. The standard InChI is InChI=1S/C26H23N3O5S/c30-25(23-15-20-11-12-27-17-24(20)34-23)28-16-18-3-7-21(8-4-18)35(32,33)22-9-5-19(6-10-22)26(31)29-13-1-2-14-29/h3-12,15,17H,1-2,13-14,16H2,(H,28,30). The minimum atomic E-state index is -3.74. The van der Waals surface area contributed by atoms with Gasteiger partial charge in [-0.3, -0.25) is 14.6 Å². The van der Waals surface area contributed by atoms with Crippen molar-refractivity contribution >= 4 is 32.6 Å². The highest BCUT2D eigenvalue weighted by atomic mass is 32.2. The Balaban J connectivity index is 1.24. The van der Waals surface area contributed by atoms with Crippen LogP contribution in [0.4, 0.5) is 0 Å². The summed E-state index contributed by atoms with van der Waals surface area (Å²) in [6.07, 6.45) is 5.16. The van der Waals surface area contributed by atoms with E-state index >= 15 is 0 Å². The summed E-state index contributed by atoms with van der Waals surface area (Å²) >= 11 is 0. The van der Waals surface area contributed by atoms with Gasteiger partial charge in [0.2, 0.25) is 9.84 Å². The van der Waals surface area contributed by atoms with E-state index in [0.717, 1.165) is 36.9 Å². The zero-order valence-corrected chi connectivity index (χ0v) is 19.6. The fourth-order valence-corrected chi connectivity index (χ4v) is 5.33. The molecule has 0 bridgehead atoms. The molecule has 0 radical (unpaired) electrons. The summed E-state index contributed by atoms with van der Waals surface area (Å²) in [5.41, 5.74) is 1.75. The monoisotopic (exact) mass is 489 g/mol. The molecule has 5 rings (SSSR count). The van der Waals surface area contributed by atoms with Gasteiger partial charge in [-0.25, -0.2) is 8.42 Å². The molecule has 0 saturated carbocycles. The number of fused-ring (bicyclic) bond motifs is 1. The average molecular weight is 490 g/mol. The molecule has 1 aliphatic heterocycles. The number of hydrogen-bond acceptors (Lipinski definition) is 6. The van der Waals surface area contributed by atoms with Crippen LogP contribution in [0.15, 0.2) is 87.3 Å². The fraction of sp³-hybridized carbons (Fsp3) is 0.192. The molecule has 1 fully saturated rings. The van der Waals surface area contributed by atoms with Crippen LogP contribution >= 0.6 is 0 Å². The number of hydrogen-bond donors (Lipinski definition) is 1. The molecule has 4 aromatic rings. The van der Waals surface area contributed by atoms with Crippen molar-refractivity contribution in [3.8, 4) is 0 Å². The van der Waals surface area contributed by atoms with E-state index in [4.69, 9.17) is 4.42 Å². The molecule has 1 N–H and O–H groups in total. The zero-order chi connectivity index (χ0) is 24.4. The molecule has 3 heterocycles. The number of rotatable bonds is 6. The van der Waals surface area contributed by atoms with Gasteiger partial charge in [-0.15, -0.1) is 0 Å². The summed E-state index contributed by atoms with van der Waals surface area (Å²) < 4.78 is 31.6. The molecule has 1 aliphatic rings. The third kappa shape index (κ3) is 4.67. The molecule has 0 unspecified atom stereocenters. The maximum atomic E-state index is 13.0. The zero-order valence-electron chi connectivity index (χ0n) is 18.8. The van der Waals surface area contributed by atoms with Gasteiger partial charge in [0.05, 0.1) is 16.0 Å². The topological polar surface area (TPSA) is 110 Å². The average Bonchev–Trinajstić information content (AvgIpc) is 3.58. The van der Waals surface area contributed by atoms with Crippen molar-refractivity contribution in [2.75, 3.05) is 13.1 Å². The number of likely N-dealkylation sites (tertiary alicyclic amines) is 1. The number of benzene rings is 2. The smallest absolute Gasteiger partial charge is 0.287 e. The first-order valence-electron chi connectivity index (χ1n) is 11.3. The largest absolute Gasteiger partial charge is 0.449 e. The molecule has 0 spiro atoms. The number of nitrogens with one attached hydrogen (secondary N) is 1. The predicted octanol–water partition coefficient (Wildman–Crippen LogP) is 3.83. The first-order chi connectivity index (χ1) is 16.9. The SMILES string of the molecule is O=C(NCc1ccc(S(=O)(=O)c2ccc(C(=O)N3CCCC3)cc2)cc1)c1cc2ccncc2o1. The van der Waals surface area contributed by atoms with Crippen LogP contribution in [0.1, 0.15) is 39.3 Å². The lowest BCUT2D eigenvalue weighted by molar-refractivity contribution is 0.0792. The predicted molar refractivity (Wildman–Crippen MR) is 129 cm³/mol. The van der Waals surface area contributed by atoms with E-state index in [9.17, 15) is 18.0 Å². The molecule has 0 aliphatic carbocycles. The van der Waals surface area contributed by atoms with Crippen molar-refractivity contribution in [1.82, 2.24) is 15.2 Å². The van der Waals surface area contributed by atoms with E-state index in [1.54, 1.807) is 53.7 Å². The summed E-state index contributed by atoms with van der Waals surface area (Å²) in [6, 6.07) is 15.8. The van der Waals surface area contributed by atoms with E-state index in [2.05, 4.69) is 10.3 Å². The van der Waals surface area contributed by atoms with Crippen LogP contribution < -0.4 is 5.32 Å². The summed E-state index contributed by atoms with van der Waals surface area (Å²) in [6.45, 7) is 1.69. The summed E-state index contributed by atoms with van der Waals surface area (Å²) in [5, 5.41) is 3.55. The van der Waals surface area contributed by atoms with Crippen molar-refractivity contribution < 1.29 is 22.4 Å². The highest BCUT2D eigenvalue weighted by Gasteiger charge is 2.22. The Labute approximate surface area is 202 Å². The third-order valence-electron chi connectivity index (χ3n) is 6.04. The molecule has 35 heavy (non-hydrogen) atoms. The summed E-state index contributed by atoms with van der Waals surface area (Å²) in [7, 11) is -3.74. The van der Waals surface area contributed by atoms with Crippen LogP contribution in [0.2, 0.25) is 0 Å². The van der Waals surface area contributed by atoms with Gasteiger partial charge in [-0.05, 0) is 66.9 Å². The lowest BCUT2D eigenvalue weighted by atomic mass is 10.2. The van der Waals surface area contributed by atoms with Crippen LogP contribution in [0, 0.1) is 0 Å². The van der Waals surface area contributed by atoms with E-state index in [0.29, 0.717) is 11.1 Å². The lowest BCUT2D eigenvalue weighted by Crippen LogP contribution is -2.27. The number of furan rings is 1. The Hall–Kier alpha value is -3.98. The van der Waals surface area contributed by atoms with E-state index in [1.807, 2.05) is 0 Å². The van der Waals surface area contributed by atoms with Crippen LogP contribution in [0.25, 0.3) is 11.0 Å². The second kappa shape index (κ2) is 9.34. The molecule has 9 heteroatoms. The molecule has 178 valence electrons. The number of amides is 2. The Kier molecular flexibility index (Phi) is 6.08. The van der Waals surface area contributed by atoms with Gasteiger partial charge in [0, 0.05) is 36.8 Å². The second-order valence-electron chi connectivity index (χ2n) is 8.38. The van der Waals surface area contributed by atoms with Gasteiger partial charge in [-0.2, -0.15) is 0 Å². The summed E-state index contributed by atoms with van der Waals surface area (Å²) in [4.78, 5) is 30.9. The van der Waals surface area contributed by atoms with Crippen molar-refractivity contribution in [1.29, 1.82) is 0 Å². The maximum Gasteiger partial charge on any atom is 0.287 e. The van der Waals surface area contributed by atoms with Gasteiger partial charge >= 0.3 is 0 Å². The quantitative estimate of drug-likeness (QED) is 0.441. The molecule has 2 amide bonds. The highest BCUT2D eigenvalue weighted by molar-refractivity contribution is 7.91. The van der Waals surface area contributed by atoms with Gasteiger partial charge in [-0.1, -0.05) is 12.1 Å². The maximum absolute atomic E-state index is 13.0. The van der Waals surface area contributed by atoms with Crippen molar-refractivity contribution in [3.05, 3.63) is 89.9 Å². The molecule has 2 aromatic carbocycles. The Morgan fingerprint density at radius 1 is 0.943 bits per heavy atom. The van der Waals surface area contributed by atoms with Crippen LogP contribution in [-0.2, 0) is 16.4 Å². The Morgan fingerprint density at radius 2 is 1.60 bits per heavy atom. The third-order valence-corrected chi connectivity index (χ3v) is 7.82. The van der Waals surface area contributed by atoms with E-state index < -0.39 is 9.84 Å². The van der Waals surface area contributed by atoms with Gasteiger partial charge in [0.25, 0.3) is 11.8 Å². The summed E-state index contributed by atoms with van der Waals surface area (Å²) in [5.74, 6) is -0.266. The minimum absolute atomic E-state index is 0.0721. The lowest BCUT2D eigenvalue weighted by Gasteiger charge is -2.15. The minimum Gasteiger partial charge on any atom is -0.449 e. The fourth-order valence-electron chi connectivity index (χ4n) is 4.07. The number of nitrogens with zero attached hydrogens (tertiary/aromatic N) is 2. The van der Waals surface area contributed by atoms with Gasteiger partial charge < -0.3 is 14.6 Å². The van der Waals surface area contributed by atoms with Crippen molar-refractivity contribution in [2.24, 2.45) is 0 Å². The molecule has 1 saturated heterocycles. The van der Waals surface area contributed by atoms with Crippen LogP contribution in [-0.4, -0.2) is 43.2 Å². The highest BCUT2D eigenvalue weighted by Crippen LogP contribution is 2.23. The first-order valence-corrected chi connectivity index (χ1v) is 12.8. The molecular weight excluding hydrogens is 466 g/mol.